The zero-order valence-electron chi connectivity index (χ0n) is 11.3. The van der Waals surface area contributed by atoms with Gasteiger partial charge >= 0.3 is 41.5 Å². The van der Waals surface area contributed by atoms with E-state index in [1.165, 1.54) is 0 Å². The van der Waals surface area contributed by atoms with Gasteiger partial charge in [0.05, 0.1) is 0 Å². The van der Waals surface area contributed by atoms with Gasteiger partial charge in [-0.25, -0.2) is 0 Å². The standard InChI is InChI=1S/C8H7O.C5H9NO4.Na/c9-7-6-8-4-2-1-3-5-8;6-3(5(9)10)1-2-4(7)8;/h1-5H,6H2;3H,1-2,6H2,(H,7,8)(H,9,10);/q-1;;+1. The van der Waals surface area contributed by atoms with Crippen molar-refractivity contribution in [2.45, 2.75) is 25.3 Å². The third kappa shape index (κ3) is 11.9. The molecular weight excluding hydrogens is 273 g/mol. The van der Waals surface area contributed by atoms with Crippen molar-refractivity contribution in [3.05, 3.63) is 35.9 Å². The number of benzene rings is 1. The van der Waals surface area contributed by atoms with Crippen molar-refractivity contribution in [3.63, 3.8) is 0 Å². The number of carbonyl (C=O) groups excluding carboxylic acids is 1. The van der Waals surface area contributed by atoms with Gasteiger partial charge in [-0.2, -0.15) is 0 Å². The van der Waals surface area contributed by atoms with E-state index in [4.69, 9.17) is 15.9 Å². The molecule has 1 rings (SSSR count). The van der Waals surface area contributed by atoms with E-state index < -0.39 is 18.0 Å². The van der Waals surface area contributed by atoms with Crippen molar-refractivity contribution in [1.29, 1.82) is 0 Å². The van der Waals surface area contributed by atoms with Crippen LogP contribution in [0.15, 0.2) is 30.3 Å². The van der Waals surface area contributed by atoms with E-state index in [0.29, 0.717) is 6.42 Å². The van der Waals surface area contributed by atoms with Crippen LogP contribution in [0, 0.1) is 0 Å². The number of hydrogen-bond acceptors (Lipinski definition) is 4. The maximum atomic E-state index is 9.99. The molecule has 0 aromatic heterocycles. The van der Waals surface area contributed by atoms with E-state index in [1.807, 2.05) is 36.6 Å². The Bertz CT molecular complexity index is 410. The number of rotatable bonds is 6. The van der Waals surface area contributed by atoms with Crippen molar-refractivity contribution in [2.75, 3.05) is 0 Å². The van der Waals surface area contributed by atoms with Crippen LogP contribution >= 0.6 is 0 Å². The number of nitrogens with two attached hydrogens (primary N) is 1. The minimum Gasteiger partial charge on any atom is -0.541 e. The maximum absolute atomic E-state index is 9.99. The Morgan fingerprint density at radius 2 is 1.75 bits per heavy atom. The van der Waals surface area contributed by atoms with Crippen molar-refractivity contribution in [1.82, 2.24) is 0 Å². The Labute approximate surface area is 139 Å². The summed E-state index contributed by atoms with van der Waals surface area (Å²) in [6, 6.07) is 8.50. The molecule has 0 heterocycles. The predicted molar refractivity (Wildman–Crippen MR) is 68.3 cm³/mol. The molecule has 0 amide bonds. The molecule has 7 heteroatoms. The minimum atomic E-state index is -1.17. The van der Waals surface area contributed by atoms with Gasteiger partial charge in [0.15, 0.2) is 0 Å². The first-order chi connectivity index (χ1) is 8.97. The first-order valence-electron chi connectivity index (χ1n) is 5.56. The zero-order chi connectivity index (χ0) is 14.7. The summed E-state index contributed by atoms with van der Waals surface area (Å²) in [4.78, 5) is 29.7. The average molecular weight is 289 g/mol. The van der Waals surface area contributed by atoms with E-state index in [1.54, 1.807) is 0 Å². The molecule has 0 spiro atoms. The second-order valence-corrected chi connectivity index (χ2v) is 3.68. The molecule has 1 atom stereocenters. The van der Waals surface area contributed by atoms with Crippen molar-refractivity contribution in [3.8, 4) is 0 Å². The Morgan fingerprint density at radius 1 is 1.20 bits per heavy atom. The van der Waals surface area contributed by atoms with E-state index in [0.717, 1.165) is 5.56 Å². The quantitative estimate of drug-likeness (QED) is 0.397. The fourth-order valence-electron chi connectivity index (χ4n) is 1.08. The monoisotopic (exact) mass is 289 g/mol. The SMILES string of the molecule is NC(CCC(=O)O)C(=O)O.O=[C-]Cc1ccccc1.[Na+]. The van der Waals surface area contributed by atoms with Gasteiger partial charge in [-0.3, -0.25) is 15.9 Å². The molecule has 20 heavy (non-hydrogen) atoms. The van der Waals surface area contributed by atoms with Gasteiger partial charge in [-0.15, -0.1) is 6.42 Å². The summed E-state index contributed by atoms with van der Waals surface area (Å²) in [5.74, 6) is -2.20. The normalized spacial score (nSPS) is 10.2. The van der Waals surface area contributed by atoms with E-state index in [-0.39, 0.29) is 42.4 Å². The molecule has 0 aliphatic carbocycles. The molecule has 1 unspecified atom stereocenters. The molecule has 1 aromatic carbocycles. The number of hydrogen-bond donors (Lipinski definition) is 3. The van der Waals surface area contributed by atoms with Crippen LogP contribution in [0.4, 0.5) is 0 Å². The van der Waals surface area contributed by atoms with Gasteiger partial charge in [0.1, 0.15) is 6.04 Å². The Morgan fingerprint density at radius 3 is 2.15 bits per heavy atom. The van der Waals surface area contributed by atoms with Gasteiger partial charge in [-0.1, -0.05) is 35.9 Å². The van der Waals surface area contributed by atoms with Crippen molar-refractivity contribution in [2.24, 2.45) is 5.73 Å². The third-order valence-corrected chi connectivity index (χ3v) is 2.11. The largest absolute Gasteiger partial charge is 1.00 e. The summed E-state index contributed by atoms with van der Waals surface area (Å²) in [6.07, 6.45) is 2.01. The average Bonchev–Trinajstić information content (AvgIpc) is 2.38. The second-order valence-electron chi connectivity index (χ2n) is 3.68. The fraction of sp³-hybridized carbons (Fsp3) is 0.308. The molecule has 6 nitrogen and oxygen atoms in total. The molecule has 0 radical (unpaired) electrons. The number of carbonyl (C=O) groups is 2. The van der Waals surface area contributed by atoms with Gasteiger partial charge in [0.25, 0.3) is 0 Å². The van der Waals surface area contributed by atoms with Gasteiger partial charge in [0, 0.05) is 6.42 Å². The molecular formula is C13H16NNaO5. The van der Waals surface area contributed by atoms with Crippen LogP contribution in [0.1, 0.15) is 18.4 Å². The molecule has 1 aromatic rings. The second kappa shape index (κ2) is 12.8. The number of carboxylic acids is 2. The molecule has 0 saturated heterocycles. The smallest absolute Gasteiger partial charge is 0.541 e. The van der Waals surface area contributed by atoms with Gasteiger partial charge in [0.2, 0.25) is 0 Å². The number of carboxylic acid groups (broad SMARTS) is 2. The molecule has 0 fully saturated rings. The van der Waals surface area contributed by atoms with Gasteiger partial charge < -0.3 is 20.7 Å². The van der Waals surface area contributed by atoms with E-state index in [2.05, 4.69) is 0 Å². The number of aliphatic carboxylic acids is 2. The van der Waals surface area contributed by atoms with Crippen molar-refractivity contribution >= 4 is 18.2 Å². The van der Waals surface area contributed by atoms with Crippen LogP contribution in [-0.2, 0) is 20.8 Å². The van der Waals surface area contributed by atoms with E-state index >= 15 is 0 Å². The Kier molecular flexibility index (Phi) is 13.5. The summed E-state index contributed by atoms with van der Waals surface area (Å²) >= 11 is 0. The summed E-state index contributed by atoms with van der Waals surface area (Å²) in [6.45, 7) is 0. The van der Waals surface area contributed by atoms with Crippen LogP contribution in [0.25, 0.3) is 0 Å². The zero-order valence-corrected chi connectivity index (χ0v) is 13.3. The minimum absolute atomic E-state index is 0. The molecule has 0 aliphatic rings. The predicted octanol–water partition coefficient (Wildman–Crippen LogP) is -2.39. The first kappa shape index (κ1) is 21.1. The summed E-state index contributed by atoms with van der Waals surface area (Å²) in [5, 5.41) is 16.3. The van der Waals surface area contributed by atoms with Crippen LogP contribution in [0.5, 0.6) is 0 Å². The molecule has 104 valence electrons. The fourth-order valence-corrected chi connectivity index (χ4v) is 1.08. The molecule has 4 N–H and O–H groups in total. The van der Waals surface area contributed by atoms with Crippen LogP contribution in [-0.4, -0.2) is 34.5 Å². The third-order valence-electron chi connectivity index (χ3n) is 2.11. The maximum Gasteiger partial charge on any atom is 1.00 e. The van der Waals surface area contributed by atoms with Crippen LogP contribution < -0.4 is 35.3 Å². The van der Waals surface area contributed by atoms with E-state index in [9.17, 15) is 14.4 Å². The van der Waals surface area contributed by atoms with Gasteiger partial charge in [-0.05, 0) is 6.42 Å². The molecule has 0 bridgehead atoms. The Balaban J connectivity index is 0. The summed E-state index contributed by atoms with van der Waals surface area (Å²) < 4.78 is 0. The topological polar surface area (TPSA) is 118 Å². The molecule has 0 saturated carbocycles. The first-order valence-corrected chi connectivity index (χ1v) is 5.56. The molecule has 0 aliphatic heterocycles. The summed E-state index contributed by atoms with van der Waals surface area (Å²) in [7, 11) is 0. The van der Waals surface area contributed by atoms with Crippen molar-refractivity contribution < 1.29 is 54.2 Å². The Hall–Kier alpha value is -1.21. The van der Waals surface area contributed by atoms with Crippen LogP contribution in [0.3, 0.4) is 0 Å². The summed E-state index contributed by atoms with van der Waals surface area (Å²) in [5.41, 5.74) is 6.02. The van der Waals surface area contributed by atoms with Crippen LogP contribution in [0.2, 0.25) is 0 Å².